The number of anilines is 1. The fourth-order valence-corrected chi connectivity index (χ4v) is 4.03. The summed E-state index contributed by atoms with van der Waals surface area (Å²) in [4.78, 5) is 0. The van der Waals surface area contributed by atoms with Gasteiger partial charge in [-0.2, -0.15) is 0 Å². The smallest absolute Gasteiger partial charge is 0.0661 e. The van der Waals surface area contributed by atoms with Crippen LogP contribution in [0.4, 0.5) is 5.69 Å². The Balaban J connectivity index is 2.11. The number of benzene rings is 1. The van der Waals surface area contributed by atoms with Gasteiger partial charge in [0.2, 0.25) is 0 Å². The van der Waals surface area contributed by atoms with Crippen molar-refractivity contribution >= 4 is 33.2 Å². The van der Waals surface area contributed by atoms with Crippen LogP contribution in [0.2, 0.25) is 5.02 Å². The zero-order chi connectivity index (χ0) is 15.5. The molecule has 0 amide bonds. The highest BCUT2D eigenvalue weighted by Gasteiger charge is 2.36. The highest BCUT2D eigenvalue weighted by atomic mass is 79.9. The van der Waals surface area contributed by atoms with E-state index in [-0.39, 0.29) is 12.1 Å². The van der Waals surface area contributed by atoms with Gasteiger partial charge in [0.1, 0.15) is 0 Å². The first-order valence-electron chi connectivity index (χ1n) is 7.78. The normalized spacial score (nSPS) is 26.1. The Kier molecular flexibility index (Phi) is 5.98. The molecule has 1 aliphatic rings. The molecular formula is C17H25BrClNO. The van der Waals surface area contributed by atoms with Gasteiger partial charge in [0.05, 0.1) is 17.2 Å². The lowest BCUT2D eigenvalue weighted by Gasteiger charge is -2.41. The molecule has 1 saturated carbocycles. The second kappa shape index (κ2) is 7.34. The number of aliphatic hydroxyl groups excluding tert-OH is 1. The first-order chi connectivity index (χ1) is 9.94. The Bertz CT molecular complexity index is 480. The van der Waals surface area contributed by atoms with Crippen molar-refractivity contribution in [3.63, 3.8) is 0 Å². The zero-order valence-electron chi connectivity index (χ0n) is 12.8. The number of aliphatic hydroxyl groups is 1. The van der Waals surface area contributed by atoms with E-state index in [1.54, 1.807) is 0 Å². The van der Waals surface area contributed by atoms with Crippen LogP contribution in [0.25, 0.3) is 0 Å². The zero-order valence-corrected chi connectivity index (χ0v) is 15.2. The summed E-state index contributed by atoms with van der Waals surface area (Å²) in [6.07, 6.45) is 5.78. The molecule has 1 fully saturated rings. The molecule has 0 aromatic heterocycles. The van der Waals surface area contributed by atoms with Gasteiger partial charge in [-0.15, -0.1) is 0 Å². The van der Waals surface area contributed by atoms with Gasteiger partial charge in [-0.05, 0) is 65.2 Å². The average molecular weight is 375 g/mol. The molecule has 0 spiro atoms. The molecule has 0 saturated heterocycles. The van der Waals surface area contributed by atoms with Crippen LogP contribution in [0, 0.1) is 11.8 Å². The molecule has 0 radical (unpaired) electrons. The van der Waals surface area contributed by atoms with E-state index in [0.29, 0.717) is 16.9 Å². The molecule has 2 N–H and O–H groups in total. The van der Waals surface area contributed by atoms with Gasteiger partial charge in [-0.3, -0.25) is 0 Å². The second-order valence-electron chi connectivity index (χ2n) is 6.78. The van der Waals surface area contributed by atoms with Crippen LogP contribution >= 0.6 is 27.5 Å². The highest BCUT2D eigenvalue weighted by molar-refractivity contribution is 9.10. The monoisotopic (exact) mass is 373 g/mol. The van der Waals surface area contributed by atoms with E-state index in [1.807, 2.05) is 18.2 Å². The summed E-state index contributed by atoms with van der Waals surface area (Å²) in [5.41, 5.74) is 0.830. The van der Waals surface area contributed by atoms with Crippen molar-refractivity contribution in [2.24, 2.45) is 11.8 Å². The summed E-state index contributed by atoms with van der Waals surface area (Å²) in [6, 6.07) is 5.86. The molecular weight excluding hydrogens is 350 g/mol. The molecule has 2 nitrogen and oxygen atoms in total. The summed E-state index contributed by atoms with van der Waals surface area (Å²) >= 11 is 9.51. The molecule has 0 aliphatic heterocycles. The van der Waals surface area contributed by atoms with Crippen LogP contribution in [0.15, 0.2) is 22.7 Å². The summed E-state index contributed by atoms with van der Waals surface area (Å²) in [5, 5.41) is 14.3. The average Bonchev–Trinajstić information content (AvgIpc) is 2.42. The Morgan fingerprint density at radius 3 is 2.86 bits per heavy atom. The minimum atomic E-state index is -0.189. The second-order valence-corrected chi connectivity index (χ2v) is 8.05. The van der Waals surface area contributed by atoms with Crippen LogP contribution in [0.1, 0.15) is 46.0 Å². The van der Waals surface area contributed by atoms with Crippen molar-refractivity contribution in [1.29, 1.82) is 0 Å². The number of hydrogen-bond donors (Lipinski definition) is 2. The van der Waals surface area contributed by atoms with Crippen LogP contribution < -0.4 is 5.32 Å². The van der Waals surface area contributed by atoms with Gasteiger partial charge in [-0.1, -0.05) is 38.3 Å². The van der Waals surface area contributed by atoms with E-state index in [1.165, 1.54) is 19.3 Å². The number of nitrogens with one attached hydrogen (secondary N) is 1. The summed E-state index contributed by atoms with van der Waals surface area (Å²) in [5.74, 6) is 1.42. The van der Waals surface area contributed by atoms with Crippen molar-refractivity contribution < 1.29 is 5.11 Å². The van der Waals surface area contributed by atoms with Crippen LogP contribution in [0.5, 0.6) is 0 Å². The molecule has 2 atom stereocenters. The van der Waals surface area contributed by atoms with Crippen molar-refractivity contribution in [1.82, 2.24) is 0 Å². The predicted molar refractivity (Wildman–Crippen MR) is 94.0 cm³/mol. The van der Waals surface area contributed by atoms with Crippen molar-refractivity contribution in [2.75, 3.05) is 11.9 Å². The van der Waals surface area contributed by atoms with Gasteiger partial charge in [0.25, 0.3) is 0 Å². The number of rotatable bonds is 5. The van der Waals surface area contributed by atoms with E-state index in [4.69, 9.17) is 11.6 Å². The quantitative estimate of drug-likeness (QED) is 0.715. The van der Waals surface area contributed by atoms with Gasteiger partial charge < -0.3 is 10.4 Å². The minimum absolute atomic E-state index is 0.182. The molecule has 0 bridgehead atoms. The van der Waals surface area contributed by atoms with Gasteiger partial charge in [0, 0.05) is 10.2 Å². The van der Waals surface area contributed by atoms with E-state index in [0.717, 1.165) is 23.0 Å². The summed E-state index contributed by atoms with van der Waals surface area (Å²) < 4.78 is 0.886. The maximum absolute atomic E-state index is 9.98. The largest absolute Gasteiger partial charge is 0.394 e. The first-order valence-corrected chi connectivity index (χ1v) is 8.95. The molecule has 1 aliphatic carbocycles. The van der Waals surface area contributed by atoms with Crippen LogP contribution in [-0.2, 0) is 0 Å². The lowest BCUT2D eigenvalue weighted by atomic mass is 9.73. The molecule has 21 heavy (non-hydrogen) atoms. The minimum Gasteiger partial charge on any atom is -0.394 e. The molecule has 0 heterocycles. The standard InChI is InChI=1S/C17H25BrClNO/c1-12(2)8-13-4-3-7-17(10-13,11-21)20-14-5-6-16(19)15(18)9-14/h5-6,9,12-13,20-21H,3-4,7-8,10-11H2,1-2H3. The van der Waals surface area contributed by atoms with Gasteiger partial charge >= 0.3 is 0 Å². The summed E-state index contributed by atoms with van der Waals surface area (Å²) in [6.45, 7) is 4.74. The Hall–Kier alpha value is -0.250. The Morgan fingerprint density at radius 1 is 1.48 bits per heavy atom. The lowest BCUT2D eigenvalue weighted by Crippen LogP contribution is -2.46. The van der Waals surface area contributed by atoms with E-state index < -0.39 is 0 Å². The lowest BCUT2D eigenvalue weighted by molar-refractivity contribution is 0.135. The highest BCUT2D eigenvalue weighted by Crippen LogP contribution is 2.38. The molecule has 4 heteroatoms. The van der Waals surface area contributed by atoms with E-state index in [2.05, 4.69) is 35.1 Å². The van der Waals surface area contributed by atoms with Gasteiger partial charge in [-0.25, -0.2) is 0 Å². The maximum atomic E-state index is 9.98. The van der Waals surface area contributed by atoms with Crippen LogP contribution in [-0.4, -0.2) is 17.3 Å². The van der Waals surface area contributed by atoms with Crippen molar-refractivity contribution in [3.05, 3.63) is 27.7 Å². The van der Waals surface area contributed by atoms with Crippen molar-refractivity contribution in [3.8, 4) is 0 Å². The van der Waals surface area contributed by atoms with Crippen LogP contribution in [0.3, 0.4) is 0 Å². The molecule has 2 rings (SSSR count). The Morgan fingerprint density at radius 2 is 2.24 bits per heavy atom. The van der Waals surface area contributed by atoms with Gasteiger partial charge in [0.15, 0.2) is 0 Å². The van der Waals surface area contributed by atoms with E-state index in [9.17, 15) is 5.11 Å². The number of halogens is 2. The number of hydrogen-bond acceptors (Lipinski definition) is 2. The Labute approximate surface area is 141 Å². The molecule has 2 unspecified atom stereocenters. The summed E-state index contributed by atoms with van der Waals surface area (Å²) in [7, 11) is 0. The molecule has 1 aromatic carbocycles. The molecule has 1 aromatic rings. The van der Waals surface area contributed by atoms with E-state index >= 15 is 0 Å². The fourth-order valence-electron chi connectivity index (χ4n) is 3.53. The third kappa shape index (κ3) is 4.61. The first kappa shape index (κ1) is 17.1. The molecule has 118 valence electrons. The third-order valence-corrected chi connectivity index (χ3v) is 5.60. The third-order valence-electron chi connectivity index (χ3n) is 4.38. The topological polar surface area (TPSA) is 32.3 Å². The predicted octanol–water partition coefficient (Wildman–Crippen LogP) is 5.48. The van der Waals surface area contributed by atoms with Crippen molar-refractivity contribution in [2.45, 2.75) is 51.5 Å². The fraction of sp³-hybridized carbons (Fsp3) is 0.647. The maximum Gasteiger partial charge on any atom is 0.0661 e. The SMILES string of the molecule is CC(C)CC1CCCC(CO)(Nc2ccc(Cl)c(Br)c2)C1.